The maximum Gasteiger partial charge on any atom is 0.179 e. The van der Waals surface area contributed by atoms with Crippen molar-refractivity contribution in [1.82, 2.24) is 9.78 Å². The van der Waals surface area contributed by atoms with E-state index in [1.165, 1.54) is 6.07 Å². The number of hydrogen-bond donors (Lipinski definition) is 3. The molecule has 1 aromatic heterocycles. The summed E-state index contributed by atoms with van der Waals surface area (Å²) >= 11 is 0. The van der Waals surface area contributed by atoms with Crippen LogP contribution in [0.2, 0.25) is 0 Å². The average Bonchev–Trinajstić information content (AvgIpc) is 3.30. The minimum Gasteiger partial charge on any atom is -0.504 e. The molecule has 2 aliphatic heterocycles. The molecule has 0 aliphatic carbocycles. The minimum atomic E-state index is -0.402. The molecule has 3 heterocycles. The molecule has 0 spiro atoms. The molecule has 190 valence electrons. The summed E-state index contributed by atoms with van der Waals surface area (Å²) in [6.07, 6.45) is 0. The summed E-state index contributed by atoms with van der Waals surface area (Å²) in [4.78, 5) is 12.3. The maximum absolute atomic E-state index is 10.5. The van der Waals surface area contributed by atoms with Gasteiger partial charge in [-0.25, -0.2) is 14.7 Å². The van der Waals surface area contributed by atoms with E-state index in [4.69, 9.17) is 15.1 Å². The molecule has 7 rings (SSSR count). The predicted molar refractivity (Wildman–Crippen MR) is 153 cm³/mol. The first-order chi connectivity index (χ1) is 19.1. The van der Waals surface area contributed by atoms with E-state index in [1.807, 2.05) is 103 Å². The van der Waals surface area contributed by atoms with E-state index in [2.05, 4.69) is 10.2 Å². The van der Waals surface area contributed by atoms with Gasteiger partial charge in [-0.3, -0.25) is 0 Å². The zero-order valence-electron chi connectivity index (χ0n) is 21.0. The molecule has 8 nitrogen and oxygen atoms in total. The second kappa shape index (κ2) is 8.88. The fourth-order valence-electron chi connectivity index (χ4n) is 5.23. The molecular formula is C31H24N6O2. The van der Waals surface area contributed by atoms with Crippen LogP contribution in [-0.4, -0.2) is 31.7 Å². The van der Waals surface area contributed by atoms with Crippen LogP contribution in [0.3, 0.4) is 0 Å². The number of hydrogen-bond acceptors (Lipinski definition) is 7. The Morgan fingerprint density at radius 2 is 1.49 bits per heavy atom. The molecule has 5 aromatic rings. The molecular weight excluding hydrogens is 488 g/mol. The van der Waals surface area contributed by atoms with Gasteiger partial charge in [0.15, 0.2) is 29.0 Å². The van der Waals surface area contributed by atoms with Crippen molar-refractivity contribution in [2.75, 3.05) is 10.2 Å². The molecule has 4 aromatic carbocycles. The van der Waals surface area contributed by atoms with E-state index >= 15 is 0 Å². The number of rotatable bonds is 3. The van der Waals surface area contributed by atoms with Crippen LogP contribution in [0.4, 0.5) is 22.9 Å². The number of aromatic nitrogens is 2. The molecule has 3 N–H and O–H groups in total. The fraction of sp³-hybridized carbons (Fsp3) is 0.0645. The van der Waals surface area contributed by atoms with Crippen molar-refractivity contribution in [2.24, 2.45) is 9.98 Å². The SMILES string of the molecule is Cc1nn(-c2ccccc2)c2c1[C@@H](c1ccc(O)c(O)c1)N1C(=N2)C(Nc2ccccc2)=Nc2ccccc21. The highest BCUT2D eigenvalue weighted by Gasteiger charge is 2.41. The zero-order chi connectivity index (χ0) is 26.5. The van der Waals surface area contributed by atoms with Crippen molar-refractivity contribution in [2.45, 2.75) is 13.0 Å². The highest BCUT2D eigenvalue weighted by Crippen LogP contribution is 2.49. The second-order valence-electron chi connectivity index (χ2n) is 9.47. The standard InChI is InChI=1S/C31H24N6O2/c1-19-27-28(20-16-17-25(38)26(39)18-20)36-24-15-9-8-14-23(24)33-29(32-21-10-4-2-5-11-21)31(36)34-30(27)37(35-19)22-12-6-3-7-13-22/h2-18,28,38-39H,1H3,(H,32,33)/t28-/m1/s1. The van der Waals surface area contributed by atoms with Crippen molar-refractivity contribution in [3.05, 3.63) is 120 Å². The normalized spacial score (nSPS) is 15.5. The van der Waals surface area contributed by atoms with Gasteiger partial charge in [0, 0.05) is 11.3 Å². The predicted octanol–water partition coefficient (Wildman–Crippen LogP) is 6.39. The monoisotopic (exact) mass is 512 g/mol. The Hall–Kier alpha value is -5.37. The van der Waals surface area contributed by atoms with Crippen LogP contribution in [0, 0.1) is 6.92 Å². The Bertz CT molecular complexity index is 1780. The van der Waals surface area contributed by atoms with Gasteiger partial charge in [0.1, 0.15) is 0 Å². The van der Waals surface area contributed by atoms with E-state index in [1.54, 1.807) is 6.07 Å². The number of nitrogens with one attached hydrogen (secondary N) is 1. The molecule has 0 radical (unpaired) electrons. The Balaban J connectivity index is 1.51. The Morgan fingerprint density at radius 3 is 2.26 bits per heavy atom. The first-order valence-electron chi connectivity index (χ1n) is 12.6. The molecule has 0 amide bonds. The van der Waals surface area contributed by atoms with Gasteiger partial charge in [-0.05, 0) is 61.0 Å². The quantitative estimate of drug-likeness (QED) is 0.244. The summed E-state index contributed by atoms with van der Waals surface area (Å²) in [5.74, 6) is 1.54. The first-order valence-corrected chi connectivity index (χ1v) is 12.6. The lowest BCUT2D eigenvalue weighted by molar-refractivity contribution is 0.403. The number of benzene rings is 4. The third-order valence-electron chi connectivity index (χ3n) is 6.99. The molecule has 0 saturated carbocycles. The van der Waals surface area contributed by atoms with Gasteiger partial charge >= 0.3 is 0 Å². The molecule has 39 heavy (non-hydrogen) atoms. The van der Waals surface area contributed by atoms with E-state index in [9.17, 15) is 10.2 Å². The van der Waals surface area contributed by atoms with Crippen LogP contribution >= 0.6 is 0 Å². The number of fused-ring (bicyclic) bond motifs is 4. The highest BCUT2D eigenvalue weighted by molar-refractivity contribution is 6.51. The molecule has 0 unspecified atom stereocenters. The van der Waals surface area contributed by atoms with Crippen LogP contribution in [0.1, 0.15) is 22.9 Å². The Kier molecular flexibility index (Phi) is 5.19. The van der Waals surface area contributed by atoms with Crippen molar-refractivity contribution in [1.29, 1.82) is 0 Å². The molecule has 2 aliphatic rings. The van der Waals surface area contributed by atoms with Gasteiger partial charge in [-0.1, -0.05) is 54.6 Å². The lowest BCUT2D eigenvalue weighted by Gasteiger charge is -2.40. The van der Waals surface area contributed by atoms with Gasteiger partial charge in [0.2, 0.25) is 0 Å². The number of amidine groups is 2. The van der Waals surface area contributed by atoms with Crippen LogP contribution in [0.15, 0.2) is 113 Å². The lowest BCUT2D eigenvalue weighted by Crippen LogP contribution is -2.46. The molecule has 1 atom stereocenters. The molecule has 8 heteroatoms. The molecule has 0 bridgehead atoms. The number of aromatic hydroxyl groups is 2. The maximum atomic E-state index is 10.5. The van der Waals surface area contributed by atoms with Crippen molar-refractivity contribution in [3.8, 4) is 17.2 Å². The van der Waals surface area contributed by atoms with Crippen molar-refractivity contribution >= 4 is 34.6 Å². The third-order valence-corrected chi connectivity index (χ3v) is 6.99. The van der Waals surface area contributed by atoms with Crippen LogP contribution in [0.5, 0.6) is 11.5 Å². The summed E-state index contributed by atoms with van der Waals surface area (Å²) in [6, 6.07) is 32.2. The van der Waals surface area contributed by atoms with Crippen molar-refractivity contribution in [3.63, 3.8) is 0 Å². The van der Waals surface area contributed by atoms with Crippen LogP contribution in [0.25, 0.3) is 5.69 Å². The van der Waals surface area contributed by atoms with E-state index in [0.717, 1.165) is 39.6 Å². The van der Waals surface area contributed by atoms with Gasteiger partial charge in [-0.2, -0.15) is 5.10 Å². The largest absolute Gasteiger partial charge is 0.504 e. The Labute approximate surface area is 224 Å². The van der Waals surface area contributed by atoms with Gasteiger partial charge in [0.25, 0.3) is 0 Å². The fourth-order valence-corrected chi connectivity index (χ4v) is 5.23. The number of anilines is 2. The van der Waals surface area contributed by atoms with E-state index in [0.29, 0.717) is 17.5 Å². The van der Waals surface area contributed by atoms with Gasteiger partial charge in [-0.15, -0.1) is 0 Å². The summed E-state index contributed by atoms with van der Waals surface area (Å²) in [5.41, 5.74) is 5.94. The summed E-state index contributed by atoms with van der Waals surface area (Å²) < 4.78 is 1.85. The van der Waals surface area contributed by atoms with Gasteiger partial charge in [0.05, 0.1) is 28.8 Å². The smallest absolute Gasteiger partial charge is 0.179 e. The molecule has 0 fully saturated rings. The third kappa shape index (κ3) is 3.73. The minimum absolute atomic E-state index is 0.174. The summed E-state index contributed by atoms with van der Waals surface area (Å²) in [6.45, 7) is 1.97. The van der Waals surface area contributed by atoms with Crippen LogP contribution in [-0.2, 0) is 0 Å². The average molecular weight is 513 g/mol. The topological polar surface area (TPSA) is 98.3 Å². The number of aliphatic imine (C=N–C) groups is 2. The van der Waals surface area contributed by atoms with E-state index in [-0.39, 0.29) is 11.5 Å². The van der Waals surface area contributed by atoms with Crippen LogP contribution < -0.4 is 10.2 Å². The number of nitrogens with zero attached hydrogens (tertiary/aromatic N) is 5. The number of para-hydroxylation sites is 4. The number of aryl methyl sites for hydroxylation is 1. The van der Waals surface area contributed by atoms with Crippen molar-refractivity contribution < 1.29 is 10.2 Å². The first kappa shape index (κ1) is 22.8. The second-order valence-corrected chi connectivity index (χ2v) is 9.47. The zero-order valence-corrected chi connectivity index (χ0v) is 21.0. The molecule has 0 saturated heterocycles. The number of phenols is 2. The van der Waals surface area contributed by atoms with Gasteiger partial charge < -0.3 is 20.4 Å². The summed E-state index contributed by atoms with van der Waals surface area (Å²) in [7, 11) is 0. The highest BCUT2D eigenvalue weighted by atomic mass is 16.3. The lowest BCUT2D eigenvalue weighted by atomic mass is 9.93. The Morgan fingerprint density at radius 1 is 0.769 bits per heavy atom. The number of phenolic OH excluding ortho intramolecular Hbond substituents is 2. The summed E-state index contributed by atoms with van der Waals surface area (Å²) in [5, 5.41) is 29.0. The van der Waals surface area contributed by atoms with E-state index < -0.39 is 6.04 Å².